The lowest BCUT2D eigenvalue weighted by molar-refractivity contribution is -0.119. The molecule has 9 heteroatoms. The summed E-state index contributed by atoms with van der Waals surface area (Å²) >= 11 is 1.28. The van der Waals surface area contributed by atoms with E-state index in [1.54, 1.807) is 11.4 Å². The molecular formula is C18H20FN5O2S. The number of nitrogens with two attached hydrogens (primary N) is 1. The van der Waals surface area contributed by atoms with Gasteiger partial charge in [0.05, 0.1) is 16.1 Å². The van der Waals surface area contributed by atoms with Crippen molar-refractivity contribution in [3.05, 3.63) is 34.0 Å². The van der Waals surface area contributed by atoms with E-state index in [1.165, 1.54) is 11.3 Å². The number of hydrogen-bond acceptors (Lipinski definition) is 7. The van der Waals surface area contributed by atoms with Crippen LogP contribution in [0.15, 0.2) is 11.4 Å². The normalized spacial score (nSPS) is 16.8. The topological polar surface area (TPSA) is 124 Å². The second-order valence-electron chi connectivity index (χ2n) is 6.84. The highest BCUT2D eigenvalue weighted by Gasteiger charge is 2.31. The number of pyridine rings is 1. The fourth-order valence-electron chi connectivity index (χ4n) is 3.08. The maximum Gasteiger partial charge on any atom is 0.239 e. The van der Waals surface area contributed by atoms with Gasteiger partial charge in [-0.3, -0.25) is 10.1 Å². The van der Waals surface area contributed by atoms with E-state index < -0.39 is 24.0 Å². The van der Waals surface area contributed by atoms with Gasteiger partial charge in [0.1, 0.15) is 18.3 Å². The van der Waals surface area contributed by atoms with Crippen LogP contribution in [0.3, 0.4) is 0 Å². The van der Waals surface area contributed by atoms with Crippen molar-refractivity contribution in [2.24, 2.45) is 11.7 Å². The second-order valence-corrected chi connectivity index (χ2v) is 7.75. The molecular weight excluding hydrogens is 369 g/mol. The Balaban J connectivity index is 2.09. The van der Waals surface area contributed by atoms with Crippen molar-refractivity contribution in [3.8, 4) is 16.6 Å². The molecule has 2 atom stereocenters. The van der Waals surface area contributed by atoms with Crippen LogP contribution in [0.4, 0.5) is 10.2 Å². The van der Waals surface area contributed by atoms with Crippen molar-refractivity contribution in [1.82, 2.24) is 10.3 Å². The largest absolute Gasteiger partial charge is 0.374 e. The molecule has 142 valence electrons. The fourth-order valence-corrected chi connectivity index (χ4v) is 3.92. The molecule has 0 spiro atoms. The number of nitrogens with one attached hydrogen (secondary N) is 2. The molecule has 2 aromatic heterocycles. The number of carbonyl (C=O) groups excluding carboxylic acids is 1. The van der Waals surface area contributed by atoms with Crippen LogP contribution in [0.2, 0.25) is 0 Å². The van der Waals surface area contributed by atoms with Crippen molar-refractivity contribution in [3.63, 3.8) is 0 Å². The first-order chi connectivity index (χ1) is 12.8. The average Bonchev–Trinajstić information content (AvgIpc) is 3.23. The van der Waals surface area contributed by atoms with Crippen molar-refractivity contribution in [1.29, 1.82) is 5.26 Å². The number of hydrogen-bond donors (Lipinski definition) is 4. The van der Waals surface area contributed by atoms with E-state index in [0.717, 1.165) is 0 Å². The maximum absolute atomic E-state index is 15.0. The van der Waals surface area contributed by atoms with Crippen LogP contribution in [0.25, 0.3) is 10.6 Å². The van der Waals surface area contributed by atoms with Gasteiger partial charge < -0.3 is 16.2 Å². The quantitative estimate of drug-likeness (QED) is 0.601. The van der Waals surface area contributed by atoms with Gasteiger partial charge in [-0.2, -0.15) is 5.26 Å². The van der Waals surface area contributed by atoms with Crippen molar-refractivity contribution >= 4 is 23.1 Å². The molecule has 0 saturated heterocycles. The molecule has 2 aromatic rings. The molecule has 0 saturated carbocycles. The van der Waals surface area contributed by atoms with E-state index in [1.807, 2.05) is 19.9 Å². The first-order valence-electron chi connectivity index (χ1n) is 8.50. The molecule has 5 N–H and O–H groups in total. The lowest BCUT2D eigenvalue weighted by Gasteiger charge is -2.20. The Morgan fingerprint density at radius 1 is 1.63 bits per heavy atom. The molecule has 27 heavy (non-hydrogen) atoms. The molecule has 1 aliphatic heterocycles. The first-order valence-corrected chi connectivity index (χ1v) is 9.38. The standard InChI is InChI=1S/C18H20FN5O2S/c1-8(2)3-11(16(21)25)23-17-14(19)10-6-22-18(26)13(10)15(24-17)12-4-9(5-20)7-27-12/h4,7-8,11,18,22,26H,3,6H2,1-2H3,(H2,21,25)(H,23,24)/t11-,18?/m1/s1. The third kappa shape index (κ3) is 3.78. The third-order valence-electron chi connectivity index (χ3n) is 4.35. The van der Waals surface area contributed by atoms with E-state index in [0.29, 0.717) is 28.1 Å². The van der Waals surface area contributed by atoms with Gasteiger partial charge in [-0.25, -0.2) is 9.37 Å². The van der Waals surface area contributed by atoms with E-state index in [9.17, 15) is 14.3 Å². The number of nitrogens with zero attached hydrogens (tertiary/aromatic N) is 2. The summed E-state index contributed by atoms with van der Waals surface area (Å²) < 4.78 is 15.0. The Morgan fingerprint density at radius 3 is 2.96 bits per heavy atom. The molecule has 7 nitrogen and oxygen atoms in total. The predicted octanol–water partition coefficient (Wildman–Crippen LogP) is 2.23. The van der Waals surface area contributed by atoms with Crippen LogP contribution >= 0.6 is 11.3 Å². The van der Waals surface area contributed by atoms with Gasteiger partial charge in [0, 0.05) is 23.1 Å². The highest BCUT2D eigenvalue weighted by molar-refractivity contribution is 7.13. The molecule has 1 amide bonds. The summed E-state index contributed by atoms with van der Waals surface area (Å²) in [4.78, 5) is 16.7. The first kappa shape index (κ1) is 19.2. The van der Waals surface area contributed by atoms with Gasteiger partial charge in [-0.15, -0.1) is 11.3 Å². The van der Waals surface area contributed by atoms with Gasteiger partial charge in [0.15, 0.2) is 11.6 Å². The number of aliphatic hydroxyl groups excluding tert-OH is 1. The second kappa shape index (κ2) is 7.60. The SMILES string of the molecule is CC(C)C[C@@H](Nc1nc(-c2cc(C#N)cs2)c2c(c1F)CNC2O)C(N)=O. The monoisotopic (exact) mass is 389 g/mol. The molecule has 0 radical (unpaired) electrons. The zero-order valence-corrected chi connectivity index (χ0v) is 15.7. The Labute approximate surface area is 160 Å². The van der Waals surface area contributed by atoms with Crippen molar-refractivity contribution in [2.45, 2.75) is 39.1 Å². The van der Waals surface area contributed by atoms with Crippen molar-refractivity contribution < 1.29 is 14.3 Å². The number of halogens is 1. The Hall–Kier alpha value is -2.54. The minimum absolute atomic E-state index is 0.0870. The maximum atomic E-state index is 15.0. The number of anilines is 1. The number of nitriles is 1. The average molecular weight is 389 g/mol. The van der Waals surface area contributed by atoms with Gasteiger partial charge in [0.25, 0.3) is 0 Å². The van der Waals surface area contributed by atoms with E-state index in [-0.39, 0.29) is 23.8 Å². The number of thiophene rings is 1. The molecule has 0 aliphatic carbocycles. The number of aliphatic hydroxyl groups is 1. The van der Waals surface area contributed by atoms with Crippen LogP contribution < -0.4 is 16.4 Å². The van der Waals surface area contributed by atoms with E-state index >= 15 is 0 Å². The summed E-state index contributed by atoms with van der Waals surface area (Å²) in [6.45, 7) is 4.00. The van der Waals surface area contributed by atoms with Crippen LogP contribution in [-0.4, -0.2) is 22.0 Å². The minimum atomic E-state index is -1.05. The van der Waals surface area contributed by atoms with E-state index in [2.05, 4.69) is 15.6 Å². The molecule has 3 heterocycles. The minimum Gasteiger partial charge on any atom is -0.374 e. The Bertz CT molecular complexity index is 921. The van der Waals surface area contributed by atoms with Crippen LogP contribution in [0.1, 0.15) is 43.2 Å². The zero-order valence-electron chi connectivity index (χ0n) is 14.9. The Morgan fingerprint density at radius 2 is 2.37 bits per heavy atom. The van der Waals surface area contributed by atoms with Crippen LogP contribution in [0, 0.1) is 23.1 Å². The number of aromatic nitrogens is 1. The Kier molecular flexibility index (Phi) is 5.41. The predicted molar refractivity (Wildman–Crippen MR) is 100 cm³/mol. The van der Waals surface area contributed by atoms with Crippen LogP contribution in [0.5, 0.6) is 0 Å². The van der Waals surface area contributed by atoms with E-state index in [4.69, 9.17) is 11.0 Å². The highest BCUT2D eigenvalue weighted by atomic mass is 32.1. The molecule has 1 aliphatic rings. The molecule has 0 bridgehead atoms. The fraction of sp³-hybridized carbons (Fsp3) is 0.389. The summed E-state index contributed by atoms with van der Waals surface area (Å²) in [6, 6.07) is 2.91. The van der Waals surface area contributed by atoms with Gasteiger partial charge in [-0.1, -0.05) is 13.8 Å². The number of fused-ring (bicyclic) bond motifs is 1. The smallest absolute Gasteiger partial charge is 0.239 e. The number of amides is 1. The summed E-state index contributed by atoms with van der Waals surface area (Å²) in [5.74, 6) is -1.13. The van der Waals surface area contributed by atoms with Gasteiger partial charge in [-0.05, 0) is 18.4 Å². The zero-order chi connectivity index (χ0) is 19.7. The highest BCUT2D eigenvalue weighted by Crippen LogP contribution is 2.39. The van der Waals surface area contributed by atoms with Gasteiger partial charge in [0.2, 0.25) is 5.91 Å². The van der Waals surface area contributed by atoms with Crippen molar-refractivity contribution in [2.75, 3.05) is 5.32 Å². The number of rotatable bonds is 6. The summed E-state index contributed by atoms with van der Waals surface area (Å²) in [5.41, 5.74) is 6.93. The molecule has 1 unspecified atom stereocenters. The molecule has 3 rings (SSSR count). The molecule has 0 aromatic carbocycles. The number of carbonyl (C=O) groups is 1. The van der Waals surface area contributed by atoms with Gasteiger partial charge >= 0.3 is 0 Å². The summed E-state index contributed by atoms with van der Waals surface area (Å²) in [5, 5.41) is 26.6. The van der Waals surface area contributed by atoms with Crippen LogP contribution in [-0.2, 0) is 11.3 Å². The summed E-state index contributed by atoms with van der Waals surface area (Å²) in [7, 11) is 0. The third-order valence-corrected chi connectivity index (χ3v) is 5.28. The lowest BCUT2D eigenvalue weighted by Crippen LogP contribution is -2.37. The number of primary amides is 1. The lowest BCUT2D eigenvalue weighted by atomic mass is 10.0. The molecule has 0 fully saturated rings. The summed E-state index contributed by atoms with van der Waals surface area (Å²) in [6.07, 6.45) is -0.622.